The van der Waals surface area contributed by atoms with Gasteiger partial charge in [-0.15, -0.1) is 0 Å². The molecule has 0 unspecified atom stereocenters. The van der Waals surface area contributed by atoms with Crippen molar-refractivity contribution in [1.82, 2.24) is 14.9 Å². The lowest BCUT2D eigenvalue weighted by Gasteiger charge is -2.35. The number of likely N-dealkylation sites (tertiary alicyclic amines) is 1. The zero-order chi connectivity index (χ0) is 23.8. The first kappa shape index (κ1) is 25.0. The van der Waals surface area contributed by atoms with Crippen molar-refractivity contribution in [3.63, 3.8) is 0 Å². The Morgan fingerprint density at radius 3 is 2.33 bits per heavy atom. The van der Waals surface area contributed by atoms with Crippen LogP contribution in [0.5, 0.6) is 5.75 Å². The maximum Gasteiger partial charge on any atom is 0.404 e. The minimum absolute atomic E-state index is 0.185. The van der Waals surface area contributed by atoms with Gasteiger partial charge in [-0.1, -0.05) is 30.3 Å². The van der Waals surface area contributed by atoms with Crippen molar-refractivity contribution in [3.05, 3.63) is 60.2 Å². The summed E-state index contributed by atoms with van der Waals surface area (Å²) >= 11 is 0. The van der Waals surface area contributed by atoms with Crippen molar-refractivity contribution in [2.75, 3.05) is 26.7 Å². The summed E-state index contributed by atoms with van der Waals surface area (Å²) in [5.74, 6) is 0.587. The normalized spacial score (nSPS) is 17.3. The maximum atomic E-state index is 12.7. The van der Waals surface area contributed by atoms with Crippen molar-refractivity contribution < 1.29 is 28.2 Å². The van der Waals surface area contributed by atoms with Crippen LogP contribution in [0, 0.1) is 0 Å². The number of nitrogens with zero attached hydrogens (tertiary/aromatic N) is 1. The first-order valence-corrected chi connectivity index (χ1v) is 12.4. The quantitative estimate of drug-likeness (QED) is 0.410. The van der Waals surface area contributed by atoms with Crippen LogP contribution in [0.2, 0.25) is 0 Å². The zero-order valence-electron chi connectivity index (χ0n) is 18.6. The highest BCUT2D eigenvalue weighted by Gasteiger charge is 2.28. The van der Waals surface area contributed by atoms with Crippen molar-refractivity contribution in [2.24, 2.45) is 0 Å². The number of amides is 1. The van der Waals surface area contributed by atoms with Gasteiger partial charge < -0.3 is 25.2 Å². The highest BCUT2D eigenvalue weighted by molar-refractivity contribution is 7.89. The molecule has 4 N–H and O–H groups in total. The number of benzene rings is 2. The predicted octanol–water partition coefficient (Wildman–Crippen LogP) is 1.68. The van der Waals surface area contributed by atoms with E-state index in [0.29, 0.717) is 44.6 Å². The fourth-order valence-corrected chi connectivity index (χ4v) is 5.28. The van der Waals surface area contributed by atoms with Crippen molar-refractivity contribution >= 4 is 16.1 Å². The molecule has 0 aromatic heterocycles. The van der Waals surface area contributed by atoms with Crippen molar-refractivity contribution in [3.8, 4) is 5.75 Å². The molecule has 0 spiro atoms. The summed E-state index contributed by atoms with van der Waals surface area (Å²) in [6, 6.07) is 14.8. The smallest absolute Gasteiger partial charge is 0.404 e. The molecule has 2 atom stereocenters. The Hall–Kier alpha value is -2.66. The minimum Gasteiger partial charge on any atom is -0.497 e. The number of piperidine rings is 1. The number of β-amino-alcohol motifs (C(OH)–C–C–N with tert-alkyl or cyclic N) is 1. The molecule has 2 aromatic carbocycles. The van der Waals surface area contributed by atoms with E-state index in [1.54, 1.807) is 12.1 Å². The monoisotopic (exact) mass is 477 g/mol. The van der Waals surface area contributed by atoms with Crippen LogP contribution in [0.15, 0.2) is 59.5 Å². The molecular formula is C23H31N3O6S. The number of aliphatic hydroxyl groups excluding tert-OH is 1. The summed E-state index contributed by atoms with van der Waals surface area (Å²) in [6.07, 6.45) is -0.502. The molecule has 0 saturated carbocycles. The van der Waals surface area contributed by atoms with Crippen LogP contribution in [-0.4, -0.2) is 74.6 Å². The topological polar surface area (TPSA) is 128 Å². The molecule has 180 valence electrons. The highest BCUT2D eigenvalue weighted by atomic mass is 32.2. The van der Waals surface area contributed by atoms with E-state index < -0.39 is 28.3 Å². The molecule has 1 heterocycles. The molecule has 3 rings (SSSR count). The first-order valence-electron chi connectivity index (χ1n) is 10.9. The Labute approximate surface area is 194 Å². The molecule has 0 aliphatic carbocycles. The Bertz CT molecular complexity index is 993. The number of hydrogen-bond donors (Lipinski definition) is 4. The standard InChI is InChI=1S/C23H31N3O6S/c1-32-19-7-9-20(10-8-19)33(30,31)25-18-11-13-26(14-12-18)16-22(27)21(24-23(28)29)15-17-5-3-2-4-6-17/h2-10,18,21-22,24-25,27H,11-16H2,1H3,(H,28,29)/t21-,22+/m0/s1. The number of aliphatic hydroxyl groups is 1. The van der Waals surface area contributed by atoms with E-state index in [4.69, 9.17) is 4.74 Å². The molecule has 33 heavy (non-hydrogen) atoms. The van der Waals surface area contributed by atoms with Crippen LogP contribution >= 0.6 is 0 Å². The van der Waals surface area contributed by atoms with E-state index >= 15 is 0 Å². The van der Waals surface area contributed by atoms with Crippen LogP contribution < -0.4 is 14.8 Å². The van der Waals surface area contributed by atoms with Crippen LogP contribution in [-0.2, 0) is 16.4 Å². The number of ether oxygens (including phenoxy) is 1. The molecule has 1 aliphatic rings. The molecule has 2 aromatic rings. The second kappa shape index (κ2) is 11.5. The van der Waals surface area contributed by atoms with Gasteiger partial charge in [0.15, 0.2) is 0 Å². The number of rotatable bonds is 10. The molecule has 1 aliphatic heterocycles. The van der Waals surface area contributed by atoms with E-state index in [1.165, 1.54) is 19.2 Å². The molecular weight excluding hydrogens is 446 g/mol. The summed E-state index contributed by atoms with van der Waals surface area (Å²) in [5.41, 5.74) is 0.932. The van der Waals surface area contributed by atoms with Gasteiger partial charge in [-0.25, -0.2) is 17.9 Å². The minimum atomic E-state index is -3.64. The number of sulfonamides is 1. The fraction of sp³-hybridized carbons (Fsp3) is 0.435. The van der Waals surface area contributed by atoms with Crippen molar-refractivity contribution in [1.29, 1.82) is 0 Å². The number of carboxylic acid groups (broad SMARTS) is 1. The van der Waals surface area contributed by atoms with Gasteiger partial charge in [-0.05, 0) is 62.2 Å². The summed E-state index contributed by atoms with van der Waals surface area (Å²) in [6.45, 7) is 1.49. The van der Waals surface area contributed by atoms with Gasteiger partial charge >= 0.3 is 6.09 Å². The van der Waals surface area contributed by atoms with Crippen LogP contribution in [0.1, 0.15) is 18.4 Å². The predicted molar refractivity (Wildman–Crippen MR) is 124 cm³/mol. The lowest BCUT2D eigenvalue weighted by molar-refractivity contribution is 0.0669. The van der Waals surface area contributed by atoms with Crippen LogP contribution in [0.25, 0.3) is 0 Å². The molecule has 0 radical (unpaired) electrons. The van der Waals surface area contributed by atoms with Gasteiger partial charge in [-0.2, -0.15) is 0 Å². The second-order valence-electron chi connectivity index (χ2n) is 8.18. The van der Waals surface area contributed by atoms with Crippen LogP contribution in [0.3, 0.4) is 0 Å². The lowest BCUT2D eigenvalue weighted by Crippen LogP contribution is -2.52. The number of hydrogen-bond acceptors (Lipinski definition) is 6. The third-order valence-electron chi connectivity index (χ3n) is 5.80. The van der Waals surface area contributed by atoms with E-state index in [-0.39, 0.29) is 10.9 Å². The second-order valence-corrected chi connectivity index (χ2v) is 9.90. The van der Waals surface area contributed by atoms with Gasteiger partial charge in [0.25, 0.3) is 0 Å². The van der Waals surface area contributed by atoms with Gasteiger partial charge in [0, 0.05) is 12.6 Å². The average Bonchev–Trinajstić information content (AvgIpc) is 2.80. The largest absolute Gasteiger partial charge is 0.497 e. The molecule has 1 fully saturated rings. The number of methoxy groups -OCH3 is 1. The number of nitrogens with one attached hydrogen (secondary N) is 2. The molecule has 1 saturated heterocycles. The summed E-state index contributed by atoms with van der Waals surface area (Å²) in [7, 11) is -2.11. The maximum absolute atomic E-state index is 12.7. The van der Waals surface area contributed by atoms with E-state index in [0.717, 1.165) is 5.56 Å². The summed E-state index contributed by atoms with van der Waals surface area (Å²) in [5, 5.41) is 22.3. The third-order valence-corrected chi connectivity index (χ3v) is 7.33. The summed E-state index contributed by atoms with van der Waals surface area (Å²) < 4.78 is 33.1. The molecule has 10 heteroatoms. The third kappa shape index (κ3) is 7.43. The number of carbonyl (C=O) groups is 1. The van der Waals surface area contributed by atoms with Gasteiger partial charge in [0.2, 0.25) is 10.0 Å². The average molecular weight is 478 g/mol. The van der Waals surface area contributed by atoms with E-state index in [2.05, 4.69) is 10.0 Å². The Kier molecular flexibility index (Phi) is 8.67. The van der Waals surface area contributed by atoms with Gasteiger partial charge in [0.1, 0.15) is 5.75 Å². The zero-order valence-corrected chi connectivity index (χ0v) is 19.4. The molecule has 1 amide bonds. The summed E-state index contributed by atoms with van der Waals surface area (Å²) in [4.78, 5) is 13.4. The fourth-order valence-electron chi connectivity index (χ4n) is 3.98. The Balaban J connectivity index is 1.52. The Morgan fingerprint density at radius 2 is 1.76 bits per heavy atom. The van der Waals surface area contributed by atoms with Crippen LogP contribution in [0.4, 0.5) is 4.79 Å². The molecule has 9 nitrogen and oxygen atoms in total. The van der Waals surface area contributed by atoms with Gasteiger partial charge in [-0.3, -0.25) is 0 Å². The Morgan fingerprint density at radius 1 is 1.12 bits per heavy atom. The van der Waals surface area contributed by atoms with E-state index in [9.17, 15) is 23.4 Å². The molecule has 0 bridgehead atoms. The first-order chi connectivity index (χ1) is 15.8. The van der Waals surface area contributed by atoms with Gasteiger partial charge in [0.05, 0.1) is 24.2 Å². The highest BCUT2D eigenvalue weighted by Crippen LogP contribution is 2.19. The SMILES string of the molecule is COc1ccc(S(=O)(=O)NC2CCN(C[C@@H](O)[C@H](Cc3ccccc3)NC(=O)O)CC2)cc1. The van der Waals surface area contributed by atoms with Crippen molar-refractivity contribution in [2.45, 2.75) is 42.3 Å². The van der Waals surface area contributed by atoms with E-state index in [1.807, 2.05) is 35.2 Å². The lowest BCUT2D eigenvalue weighted by atomic mass is 9.99.